The summed E-state index contributed by atoms with van der Waals surface area (Å²) in [4.78, 5) is 7.21. The average Bonchev–Trinajstić information content (AvgIpc) is 3.66. The van der Waals surface area contributed by atoms with Crippen LogP contribution in [-0.2, 0) is 5.16 Å². The van der Waals surface area contributed by atoms with Crippen molar-refractivity contribution in [1.82, 2.24) is 9.97 Å². The van der Waals surface area contributed by atoms with Crippen LogP contribution >= 0.6 is 18.5 Å². The van der Waals surface area contributed by atoms with E-state index in [1.165, 1.54) is 66.4 Å². The maximum Gasteiger partial charge on any atom is 0.0892 e. The van der Waals surface area contributed by atoms with Gasteiger partial charge in [-0.3, -0.25) is 0 Å². The Balaban J connectivity index is 1.46. The lowest BCUT2D eigenvalue weighted by molar-refractivity contribution is -0.0767. The van der Waals surface area contributed by atoms with E-state index in [1.807, 2.05) is 0 Å². The van der Waals surface area contributed by atoms with Gasteiger partial charge >= 0.3 is 0 Å². The molecule has 5 atom stereocenters. The van der Waals surface area contributed by atoms with Crippen LogP contribution in [0.2, 0.25) is 0 Å². The van der Waals surface area contributed by atoms with Crippen LogP contribution in [0.4, 0.5) is 0 Å². The lowest BCUT2D eigenvalue weighted by Crippen LogP contribution is -2.54. The molecule has 6 aliphatic carbocycles. The monoisotopic (exact) mass is 498 g/mol. The van der Waals surface area contributed by atoms with E-state index < -0.39 is 0 Å². The summed E-state index contributed by atoms with van der Waals surface area (Å²) in [5.74, 6) is 3.48. The molecule has 2 aromatic rings. The number of hydrogen-bond acceptors (Lipinski definition) is 0. The molecule has 0 aromatic carbocycles. The molecule has 8 rings (SSSR count). The number of aromatic nitrogens is 2. The van der Waals surface area contributed by atoms with Gasteiger partial charge in [-0.25, -0.2) is 0 Å². The molecule has 4 heteroatoms. The Kier molecular flexibility index (Phi) is 5.31. The molecule has 6 aliphatic rings. The fourth-order valence-electron chi connectivity index (χ4n) is 8.73. The van der Waals surface area contributed by atoms with Crippen molar-refractivity contribution in [1.29, 1.82) is 0 Å². The van der Waals surface area contributed by atoms with Gasteiger partial charge in [0.15, 0.2) is 0 Å². The van der Waals surface area contributed by atoms with Gasteiger partial charge in [0.25, 0.3) is 0 Å². The predicted octanol–water partition coefficient (Wildman–Crippen LogP) is 7.46. The van der Waals surface area contributed by atoms with E-state index >= 15 is 0 Å². The van der Waals surface area contributed by atoms with E-state index in [0.717, 1.165) is 30.1 Å². The first-order valence-electron chi connectivity index (χ1n) is 13.4. The highest BCUT2D eigenvalue weighted by molar-refractivity contribution is 7.19. The third kappa shape index (κ3) is 3.29. The first-order chi connectivity index (χ1) is 17.1. The Morgan fingerprint density at radius 2 is 1.66 bits per heavy atom. The van der Waals surface area contributed by atoms with Gasteiger partial charge in [0.1, 0.15) is 0 Å². The molecule has 0 aliphatic heterocycles. The topological polar surface area (TPSA) is 31.6 Å². The van der Waals surface area contributed by atoms with Crippen LogP contribution < -0.4 is 0 Å². The van der Waals surface area contributed by atoms with Crippen molar-refractivity contribution >= 4 is 18.5 Å². The average molecular weight is 499 g/mol. The van der Waals surface area contributed by atoms with Crippen molar-refractivity contribution in [3.63, 3.8) is 0 Å². The van der Waals surface area contributed by atoms with Crippen LogP contribution in [0.1, 0.15) is 49.9 Å². The van der Waals surface area contributed by atoms with Crippen molar-refractivity contribution in [2.45, 2.75) is 43.7 Å². The van der Waals surface area contributed by atoms with Gasteiger partial charge in [0, 0.05) is 23.8 Å². The van der Waals surface area contributed by atoms with E-state index in [9.17, 15) is 0 Å². The summed E-state index contributed by atoms with van der Waals surface area (Å²) in [6, 6.07) is 8.79. The molecule has 180 valence electrons. The fourth-order valence-corrected chi connectivity index (χ4v) is 10.2. The minimum Gasteiger partial charge on any atom is -0.364 e. The van der Waals surface area contributed by atoms with Crippen LogP contribution in [0.15, 0.2) is 95.4 Å². The van der Waals surface area contributed by atoms with Crippen LogP contribution in [0.25, 0.3) is 0 Å². The highest BCUT2D eigenvalue weighted by atomic mass is 31.0. The van der Waals surface area contributed by atoms with Crippen molar-refractivity contribution < 1.29 is 0 Å². The Morgan fingerprint density at radius 3 is 2.23 bits per heavy atom. The molecule has 0 saturated heterocycles. The minimum atomic E-state index is -0.329. The molecule has 4 saturated carbocycles. The number of rotatable bonds is 5. The molecule has 0 radical (unpaired) electrons. The lowest BCUT2D eigenvalue weighted by Gasteiger charge is -2.62. The van der Waals surface area contributed by atoms with Gasteiger partial charge in [-0.1, -0.05) is 30.4 Å². The van der Waals surface area contributed by atoms with Crippen molar-refractivity contribution in [2.24, 2.45) is 29.1 Å². The number of aromatic amines is 2. The Labute approximate surface area is 213 Å². The normalized spacial score (nSPS) is 35.6. The Bertz CT molecular complexity index is 1220. The molecule has 2 heterocycles. The van der Waals surface area contributed by atoms with Gasteiger partial charge in [0.2, 0.25) is 0 Å². The van der Waals surface area contributed by atoms with Crippen LogP contribution in [-0.4, -0.2) is 16.1 Å². The Morgan fingerprint density at radius 1 is 0.943 bits per heavy atom. The quantitative estimate of drug-likeness (QED) is 0.401. The maximum atomic E-state index is 3.60. The second-order valence-corrected chi connectivity index (χ2v) is 13.0. The fraction of sp³-hybridized carbons (Fsp3) is 0.419. The number of allylic oxidation sites excluding steroid dienone is 10. The maximum absolute atomic E-state index is 3.60. The first-order valence-corrected chi connectivity index (χ1v) is 14.8. The largest absolute Gasteiger partial charge is 0.364 e. The van der Waals surface area contributed by atoms with Gasteiger partial charge in [-0.2, -0.15) is 0 Å². The number of hydrogen-bond donors (Lipinski definition) is 2. The van der Waals surface area contributed by atoms with Gasteiger partial charge in [0.05, 0.1) is 5.16 Å². The van der Waals surface area contributed by atoms with E-state index in [-0.39, 0.29) is 5.16 Å². The second-order valence-electron chi connectivity index (χ2n) is 11.7. The molecular formula is C31H36N2P2. The molecule has 2 nitrogen and oxygen atoms in total. The number of nitrogens with one attached hydrogen (secondary N) is 2. The van der Waals surface area contributed by atoms with Crippen molar-refractivity contribution in [3.8, 4) is 0 Å². The summed E-state index contributed by atoms with van der Waals surface area (Å²) >= 11 is 0. The zero-order valence-electron chi connectivity index (χ0n) is 20.3. The second kappa shape index (κ2) is 8.33. The standard InChI is InChI=1S/C31H36N2P2/c34-19-27-24-13-20-12-21(14-24)18-30(27,17-20)25-15-23(22-6-2-1-3-7-22)16-26(25)31(35,28-8-4-10-32-28)29-9-5-11-33-29/h1-6,8-11,15-16,20-21,24,27,32-33H,7,12-14,17-19,34-35H2. The molecule has 5 unspecified atom stereocenters. The summed E-state index contributed by atoms with van der Waals surface area (Å²) in [6.07, 6.45) is 27.7. The smallest absolute Gasteiger partial charge is 0.0892 e. The van der Waals surface area contributed by atoms with Gasteiger partial charge in [-0.15, -0.1) is 18.5 Å². The summed E-state index contributed by atoms with van der Waals surface area (Å²) in [5, 5.41) is -0.329. The van der Waals surface area contributed by atoms with E-state index in [4.69, 9.17) is 0 Å². The zero-order chi connectivity index (χ0) is 23.6. The SMILES string of the molecule is PCC1C2CC3CC(C2)CC1(C1=CC(=C2C=CC=CC2)C=C1C(P)(c1ccc[nH]1)c1ccc[nH]1)C3. The van der Waals surface area contributed by atoms with E-state index in [0.29, 0.717) is 5.41 Å². The Hall–Kier alpha value is -1.88. The van der Waals surface area contributed by atoms with E-state index in [1.54, 1.807) is 5.57 Å². The van der Waals surface area contributed by atoms with Crippen molar-refractivity contribution in [2.75, 3.05) is 6.16 Å². The minimum absolute atomic E-state index is 0.292. The molecule has 4 fully saturated rings. The van der Waals surface area contributed by atoms with Gasteiger partial charge < -0.3 is 9.97 Å². The predicted molar refractivity (Wildman–Crippen MR) is 152 cm³/mol. The highest BCUT2D eigenvalue weighted by Gasteiger charge is 2.59. The summed E-state index contributed by atoms with van der Waals surface area (Å²) < 4.78 is 0. The van der Waals surface area contributed by atoms with E-state index in [2.05, 4.69) is 102 Å². The molecule has 0 amide bonds. The molecule has 0 spiro atoms. The molecule has 35 heavy (non-hydrogen) atoms. The number of H-pyrrole nitrogens is 2. The van der Waals surface area contributed by atoms with Gasteiger partial charge in [-0.05, 0) is 126 Å². The van der Waals surface area contributed by atoms with Crippen LogP contribution in [0.3, 0.4) is 0 Å². The van der Waals surface area contributed by atoms with Crippen LogP contribution in [0.5, 0.6) is 0 Å². The highest BCUT2D eigenvalue weighted by Crippen LogP contribution is 2.69. The third-order valence-electron chi connectivity index (χ3n) is 9.93. The molecule has 4 bridgehead atoms. The molecule has 2 aromatic heterocycles. The summed E-state index contributed by atoms with van der Waals surface area (Å²) in [7, 11) is 6.45. The first kappa shape index (κ1) is 22.3. The molecule has 2 N–H and O–H groups in total. The van der Waals surface area contributed by atoms with Crippen LogP contribution in [0, 0.1) is 29.1 Å². The van der Waals surface area contributed by atoms with Crippen molar-refractivity contribution in [3.05, 3.63) is 107 Å². The molecular weight excluding hydrogens is 462 g/mol. The zero-order valence-corrected chi connectivity index (χ0v) is 22.7. The third-order valence-corrected chi connectivity index (χ3v) is 11.4. The summed E-state index contributed by atoms with van der Waals surface area (Å²) in [6.45, 7) is 0. The lowest BCUT2D eigenvalue weighted by atomic mass is 9.43. The summed E-state index contributed by atoms with van der Waals surface area (Å²) in [5.41, 5.74) is 8.73.